The van der Waals surface area contributed by atoms with Crippen LogP contribution < -0.4 is 10.6 Å². The minimum absolute atomic E-state index is 0. The Hall–Kier alpha value is -2.33. The molecule has 1 aliphatic heterocycles. The largest absolute Gasteiger partial charge is 0.322 e. The highest BCUT2D eigenvalue weighted by molar-refractivity contribution is 6.09. The molecule has 3 amide bonds. The SMILES string of the molecule is Cl.O=C1NC(=O)C(c2ccccc2)(c2ccccc2)N1. The maximum absolute atomic E-state index is 12.3. The zero-order chi connectivity index (χ0) is 13.3. The van der Waals surface area contributed by atoms with Crippen LogP contribution in [0.25, 0.3) is 0 Å². The normalized spacial score (nSPS) is 16.0. The van der Waals surface area contributed by atoms with E-state index < -0.39 is 11.6 Å². The molecule has 0 radical (unpaired) electrons. The summed E-state index contributed by atoms with van der Waals surface area (Å²) in [5.41, 5.74) is 0.341. The fraction of sp³-hybridized carbons (Fsp3) is 0.0667. The minimum Gasteiger partial charge on any atom is -0.316 e. The summed E-state index contributed by atoms with van der Waals surface area (Å²) < 4.78 is 0. The Morgan fingerprint density at radius 3 is 1.55 bits per heavy atom. The monoisotopic (exact) mass is 288 g/mol. The van der Waals surface area contributed by atoms with E-state index in [0.717, 1.165) is 11.1 Å². The Balaban J connectivity index is 0.00000147. The van der Waals surface area contributed by atoms with Gasteiger partial charge in [0.1, 0.15) is 0 Å². The summed E-state index contributed by atoms with van der Waals surface area (Å²) in [6, 6.07) is 18.0. The quantitative estimate of drug-likeness (QED) is 0.832. The first-order valence-electron chi connectivity index (χ1n) is 5.98. The van der Waals surface area contributed by atoms with Crippen molar-refractivity contribution < 1.29 is 9.59 Å². The number of carbonyl (C=O) groups is 2. The number of imide groups is 1. The van der Waals surface area contributed by atoms with Gasteiger partial charge in [-0.15, -0.1) is 12.4 Å². The van der Waals surface area contributed by atoms with E-state index in [1.165, 1.54) is 0 Å². The molecule has 2 N–H and O–H groups in total. The Morgan fingerprint density at radius 2 is 1.20 bits per heavy atom. The van der Waals surface area contributed by atoms with Crippen LogP contribution in [-0.2, 0) is 10.3 Å². The third-order valence-electron chi connectivity index (χ3n) is 3.28. The zero-order valence-corrected chi connectivity index (χ0v) is 11.3. The summed E-state index contributed by atoms with van der Waals surface area (Å²) in [7, 11) is 0. The molecule has 0 aliphatic carbocycles. The van der Waals surface area contributed by atoms with E-state index in [2.05, 4.69) is 10.6 Å². The molecule has 5 heteroatoms. The second-order valence-electron chi connectivity index (χ2n) is 4.39. The third kappa shape index (κ3) is 2.04. The van der Waals surface area contributed by atoms with E-state index in [4.69, 9.17) is 0 Å². The summed E-state index contributed by atoms with van der Waals surface area (Å²) in [6.45, 7) is 0. The van der Waals surface area contributed by atoms with Gasteiger partial charge in [-0.05, 0) is 11.1 Å². The van der Waals surface area contributed by atoms with E-state index in [9.17, 15) is 9.59 Å². The molecular weight excluding hydrogens is 276 g/mol. The first-order valence-corrected chi connectivity index (χ1v) is 5.98. The maximum atomic E-state index is 12.3. The predicted octanol–water partition coefficient (Wildman–Crippen LogP) is 2.19. The molecule has 4 nitrogen and oxygen atoms in total. The molecule has 1 saturated heterocycles. The lowest BCUT2D eigenvalue weighted by Crippen LogP contribution is -2.44. The number of nitrogens with one attached hydrogen (secondary N) is 2. The van der Waals surface area contributed by atoms with Gasteiger partial charge >= 0.3 is 6.03 Å². The van der Waals surface area contributed by atoms with Gasteiger partial charge in [0.15, 0.2) is 5.54 Å². The Kier molecular flexibility index (Phi) is 3.77. The Bertz CT molecular complexity index is 589. The van der Waals surface area contributed by atoms with E-state index in [1.807, 2.05) is 60.7 Å². The van der Waals surface area contributed by atoms with Crippen LogP contribution in [0.1, 0.15) is 11.1 Å². The van der Waals surface area contributed by atoms with Crippen LogP contribution >= 0.6 is 12.4 Å². The maximum Gasteiger partial charge on any atom is 0.322 e. The predicted molar refractivity (Wildman–Crippen MR) is 77.6 cm³/mol. The molecule has 20 heavy (non-hydrogen) atoms. The number of benzene rings is 2. The van der Waals surface area contributed by atoms with Crippen molar-refractivity contribution in [3.8, 4) is 0 Å². The first kappa shape index (κ1) is 14.1. The summed E-state index contributed by atoms with van der Waals surface area (Å²) in [5, 5.41) is 5.07. The summed E-state index contributed by atoms with van der Waals surface area (Å²) >= 11 is 0. The second-order valence-corrected chi connectivity index (χ2v) is 4.39. The van der Waals surface area contributed by atoms with E-state index >= 15 is 0 Å². The highest BCUT2D eigenvalue weighted by Crippen LogP contribution is 2.32. The lowest BCUT2D eigenvalue weighted by Gasteiger charge is -2.27. The fourth-order valence-electron chi connectivity index (χ4n) is 2.40. The van der Waals surface area contributed by atoms with Crippen molar-refractivity contribution in [3.05, 3.63) is 71.8 Å². The average molecular weight is 289 g/mol. The molecule has 3 rings (SSSR count). The van der Waals surface area contributed by atoms with Gasteiger partial charge in [-0.2, -0.15) is 0 Å². The number of hydrogen-bond donors (Lipinski definition) is 2. The molecule has 2 aromatic carbocycles. The molecule has 1 fully saturated rings. The van der Waals surface area contributed by atoms with Crippen molar-refractivity contribution in [2.24, 2.45) is 0 Å². The van der Waals surface area contributed by atoms with Gasteiger partial charge in [-0.1, -0.05) is 60.7 Å². The van der Waals surface area contributed by atoms with Gasteiger partial charge < -0.3 is 5.32 Å². The summed E-state index contributed by atoms with van der Waals surface area (Å²) in [5.74, 6) is -0.352. The van der Waals surface area contributed by atoms with Crippen molar-refractivity contribution in [3.63, 3.8) is 0 Å². The lowest BCUT2D eigenvalue weighted by molar-refractivity contribution is -0.122. The third-order valence-corrected chi connectivity index (χ3v) is 3.28. The highest BCUT2D eigenvalue weighted by Gasteiger charge is 2.48. The number of halogens is 1. The van der Waals surface area contributed by atoms with Gasteiger partial charge in [0.05, 0.1) is 0 Å². The van der Waals surface area contributed by atoms with Crippen molar-refractivity contribution in [1.82, 2.24) is 10.6 Å². The summed E-state index contributed by atoms with van der Waals surface area (Å²) in [6.07, 6.45) is 0. The molecule has 102 valence electrons. The number of rotatable bonds is 2. The van der Waals surface area contributed by atoms with Gasteiger partial charge in [0.25, 0.3) is 5.91 Å². The molecule has 0 spiro atoms. The van der Waals surface area contributed by atoms with Crippen molar-refractivity contribution >= 4 is 24.3 Å². The molecule has 1 heterocycles. The van der Waals surface area contributed by atoms with Gasteiger partial charge in [0, 0.05) is 0 Å². The number of hydrogen-bond acceptors (Lipinski definition) is 2. The van der Waals surface area contributed by atoms with E-state index in [1.54, 1.807) is 0 Å². The van der Waals surface area contributed by atoms with Gasteiger partial charge in [-0.3, -0.25) is 10.1 Å². The Morgan fingerprint density at radius 1 is 0.750 bits per heavy atom. The highest BCUT2D eigenvalue weighted by atomic mass is 35.5. The van der Waals surface area contributed by atoms with Gasteiger partial charge in [0.2, 0.25) is 0 Å². The van der Waals surface area contributed by atoms with E-state index in [-0.39, 0.29) is 18.3 Å². The molecule has 0 aromatic heterocycles. The second kappa shape index (κ2) is 5.35. The smallest absolute Gasteiger partial charge is 0.316 e. The van der Waals surface area contributed by atoms with Crippen molar-refractivity contribution in [1.29, 1.82) is 0 Å². The number of carbonyl (C=O) groups excluding carboxylic acids is 2. The molecule has 0 unspecified atom stereocenters. The first-order chi connectivity index (χ1) is 9.23. The molecule has 0 atom stereocenters. The van der Waals surface area contributed by atoms with Gasteiger partial charge in [-0.25, -0.2) is 4.79 Å². The molecule has 0 saturated carbocycles. The molecule has 2 aromatic rings. The molecule has 1 aliphatic rings. The van der Waals surface area contributed by atoms with Crippen LogP contribution in [0.5, 0.6) is 0 Å². The van der Waals surface area contributed by atoms with Crippen molar-refractivity contribution in [2.75, 3.05) is 0 Å². The minimum atomic E-state index is -1.14. The van der Waals surface area contributed by atoms with Crippen LogP contribution in [0, 0.1) is 0 Å². The Labute approximate surface area is 122 Å². The van der Waals surface area contributed by atoms with Crippen LogP contribution in [-0.4, -0.2) is 11.9 Å². The van der Waals surface area contributed by atoms with Crippen molar-refractivity contribution in [2.45, 2.75) is 5.54 Å². The zero-order valence-electron chi connectivity index (χ0n) is 10.5. The van der Waals surface area contributed by atoms with Crippen LogP contribution in [0.15, 0.2) is 60.7 Å². The van der Waals surface area contributed by atoms with Crippen LogP contribution in [0.2, 0.25) is 0 Å². The number of amides is 3. The summed E-state index contributed by atoms with van der Waals surface area (Å²) in [4.78, 5) is 23.9. The average Bonchev–Trinajstić information content (AvgIpc) is 2.76. The lowest BCUT2D eigenvalue weighted by atomic mass is 9.83. The topological polar surface area (TPSA) is 58.2 Å². The standard InChI is InChI=1S/C15H12N2O2.ClH/c18-13-15(17-14(19)16-13,11-7-3-1-4-8-11)12-9-5-2-6-10-12;/h1-10H,(H2,16,17,18,19);1H. The van der Waals surface area contributed by atoms with Crippen LogP contribution in [0.3, 0.4) is 0 Å². The van der Waals surface area contributed by atoms with E-state index in [0.29, 0.717) is 0 Å². The fourth-order valence-corrected chi connectivity index (χ4v) is 2.40. The number of urea groups is 1. The molecule has 0 bridgehead atoms. The van der Waals surface area contributed by atoms with Crippen LogP contribution in [0.4, 0.5) is 4.79 Å². The molecular formula is C15H13ClN2O2.